The number of ketones is 1. The van der Waals surface area contributed by atoms with Crippen molar-refractivity contribution >= 4 is 11.7 Å². The van der Waals surface area contributed by atoms with Gasteiger partial charge in [0.25, 0.3) is 0 Å². The minimum atomic E-state index is -0.481. The zero-order valence-corrected chi connectivity index (χ0v) is 11.2. The lowest BCUT2D eigenvalue weighted by molar-refractivity contribution is -0.122. The van der Waals surface area contributed by atoms with E-state index in [1.165, 1.54) is 0 Å². The molecule has 0 radical (unpaired) electrons. The summed E-state index contributed by atoms with van der Waals surface area (Å²) >= 11 is 0. The first-order valence-electron chi connectivity index (χ1n) is 6.25. The number of amides is 1. The predicted octanol–water partition coefficient (Wildman–Crippen LogP) is 1.04. The molecule has 1 aliphatic carbocycles. The fourth-order valence-corrected chi connectivity index (χ4v) is 1.98. The highest BCUT2D eigenvalue weighted by Gasteiger charge is 2.27. The average Bonchev–Trinajstić information content (AvgIpc) is 2.20. The van der Waals surface area contributed by atoms with Crippen LogP contribution in [0.1, 0.15) is 46.5 Å². The van der Waals surface area contributed by atoms with Crippen molar-refractivity contribution in [3.05, 3.63) is 11.8 Å². The van der Waals surface area contributed by atoms with Crippen LogP contribution in [0.15, 0.2) is 11.8 Å². The number of nitrogens with one attached hydrogen (secondary N) is 2. The van der Waals surface area contributed by atoms with Crippen molar-refractivity contribution in [1.29, 1.82) is 0 Å². The standard InChI is InChI=1S/C13H22N2O3/c1-9(16)4-5-12(18)15-14-10-6-11(17)8-13(2,3)7-10/h6,9,14,16H,4-5,7-8H2,1-3H3,(H,15,18)/t9-/m1/s1. The molecule has 0 spiro atoms. The van der Waals surface area contributed by atoms with Crippen LogP contribution in [-0.2, 0) is 9.59 Å². The first-order valence-corrected chi connectivity index (χ1v) is 6.25. The molecule has 0 saturated carbocycles. The van der Waals surface area contributed by atoms with Gasteiger partial charge in [-0.2, -0.15) is 0 Å². The van der Waals surface area contributed by atoms with Gasteiger partial charge in [-0.3, -0.25) is 15.0 Å². The van der Waals surface area contributed by atoms with Crippen LogP contribution in [-0.4, -0.2) is 22.9 Å². The molecular weight excluding hydrogens is 232 g/mol. The minimum Gasteiger partial charge on any atom is -0.393 e. The molecule has 1 rings (SSSR count). The molecule has 0 unspecified atom stereocenters. The van der Waals surface area contributed by atoms with Gasteiger partial charge in [0.2, 0.25) is 5.91 Å². The van der Waals surface area contributed by atoms with Crippen molar-refractivity contribution < 1.29 is 14.7 Å². The molecule has 18 heavy (non-hydrogen) atoms. The molecule has 0 aromatic rings. The van der Waals surface area contributed by atoms with Gasteiger partial charge in [0.05, 0.1) is 6.10 Å². The topological polar surface area (TPSA) is 78.4 Å². The van der Waals surface area contributed by atoms with Crippen LogP contribution in [0, 0.1) is 5.41 Å². The highest BCUT2D eigenvalue weighted by Crippen LogP contribution is 2.32. The second-order valence-corrected chi connectivity index (χ2v) is 5.71. The van der Waals surface area contributed by atoms with Gasteiger partial charge in [-0.15, -0.1) is 0 Å². The van der Waals surface area contributed by atoms with Crippen molar-refractivity contribution in [2.75, 3.05) is 0 Å². The number of carbonyl (C=O) groups is 2. The van der Waals surface area contributed by atoms with Gasteiger partial charge in [-0.05, 0) is 25.2 Å². The van der Waals surface area contributed by atoms with Gasteiger partial charge in [0, 0.05) is 24.6 Å². The Bertz CT molecular complexity index is 359. The lowest BCUT2D eigenvalue weighted by Gasteiger charge is -2.29. The highest BCUT2D eigenvalue weighted by atomic mass is 16.3. The number of allylic oxidation sites excluding steroid dienone is 2. The molecule has 102 valence electrons. The fraction of sp³-hybridized carbons (Fsp3) is 0.692. The van der Waals surface area contributed by atoms with Crippen LogP contribution in [0.3, 0.4) is 0 Å². The van der Waals surface area contributed by atoms with E-state index in [2.05, 4.69) is 10.9 Å². The summed E-state index contributed by atoms with van der Waals surface area (Å²) in [4.78, 5) is 22.9. The van der Waals surface area contributed by atoms with Crippen molar-refractivity contribution in [1.82, 2.24) is 10.9 Å². The van der Waals surface area contributed by atoms with E-state index in [1.807, 2.05) is 13.8 Å². The van der Waals surface area contributed by atoms with Crippen molar-refractivity contribution in [2.24, 2.45) is 5.41 Å². The number of hydrazine groups is 1. The molecular formula is C13H22N2O3. The zero-order valence-electron chi connectivity index (χ0n) is 11.2. The number of carbonyl (C=O) groups excluding carboxylic acids is 2. The summed E-state index contributed by atoms with van der Waals surface area (Å²) in [5.41, 5.74) is 6.00. The Morgan fingerprint density at radius 1 is 1.50 bits per heavy atom. The van der Waals surface area contributed by atoms with E-state index in [1.54, 1.807) is 13.0 Å². The summed E-state index contributed by atoms with van der Waals surface area (Å²) in [5, 5.41) is 9.07. The smallest absolute Gasteiger partial charge is 0.238 e. The number of aliphatic hydroxyl groups is 1. The summed E-state index contributed by atoms with van der Waals surface area (Å²) in [6.45, 7) is 5.69. The second-order valence-electron chi connectivity index (χ2n) is 5.71. The summed E-state index contributed by atoms with van der Waals surface area (Å²) in [5.74, 6) is -0.111. The Balaban J connectivity index is 2.39. The first-order chi connectivity index (χ1) is 8.28. The molecule has 5 nitrogen and oxygen atoms in total. The van der Waals surface area contributed by atoms with Gasteiger partial charge in [-0.25, -0.2) is 0 Å². The molecule has 0 aliphatic heterocycles. The largest absolute Gasteiger partial charge is 0.393 e. The molecule has 1 aliphatic rings. The Morgan fingerprint density at radius 2 is 2.17 bits per heavy atom. The SMILES string of the molecule is C[C@@H](O)CCC(=O)NNC1=CC(=O)CC(C)(C)C1. The quantitative estimate of drug-likeness (QED) is 0.641. The Labute approximate surface area is 108 Å². The van der Waals surface area contributed by atoms with Gasteiger partial charge < -0.3 is 10.5 Å². The van der Waals surface area contributed by atoms with Gasteiger partial charge in [0.15, 0.2) is 5.78 Å². The molecule has 0 saturated heterocycles. The van der Waals surface area contributed by atoms with E-state index < -0.39 is 6.10 Å². The Morgan fingerprint density at radius 3 is 2.72 bits per heavy atom. The third-order valence-corrected chi connectivity index (χ3v) is 2.81. The van der Waals surface area contributed by atoms with Crippen molar-refractivity contribution in [3.63, 3.8) is 0 Å². The van der Waals surface area contributed by atoms with E-state index in [4.69, 9.17) is 5.11 Å². The normalized spacial score (nSPS) is 20.0. The average molecular weight is 254 g/mol. The lowest BCUT2D eigenvalue weighted by atomic mass is 9.79. The van der Waals surface area contributed by atoms with Gasteiger partial charge >= 0.3 is 0 Å². The second kappa shape index (κ2) is 6.00. The summed E-state index contributed by atoms with van der Waals surface area (Å²) in [7, 11) is 0. The molecule has 5 heteroatoms. The van der Waals surface area contributed by atoms with Gasteiger partial charge in [0.1, 0.15) is 0 Å². The maximum absolute atomic E-state index is 11.5. The summed E-state index contributed by atoms with van der Waals surface area (Å²) in [6.07, 6.45) is 3.01. The third kappa shape index (κ3) is 5.31. The van der Waals surface area contributed by atoms with E-state index >= 15 is 0 Å². The van der Waals surface area contributed by atoms with E-state index in [0.717, 1.165) is 12.1 Å². The molecule has 0 fully saturated rings. The Hall–Kier alpha value is -1.36. The fourth-order valence-electron chi connectivity index (χ4n) is 1.98. The summed E-state index contributed by atoms with van der Waals surface area (Å²) < 4.78 is 0. The maximum atomic E-state index is 11.5. The summed E-state index contributed by atoms with van der Waals surface area (Å²) in [6, 6.07) is 0. The monoisotopic (exact) mass is 254 g/mol. The van der Waals surface area contributed by atoms with Crippen molar-refractivity contribution in [3.8, 4) is 0 Å². The van der Waals surface area contributed by atoms with Crippen molar-refractivity contribution in [2.45, 2.75) is 52.6 Å². The van der Waals surface area contributed by atoms with Crippen LogP contribution < -0.4 is 10.9 Å². The predicted molar refractivity (Wildman–Crippen MR) is 68.3 cm³/mol. The van der Waals surface area contributed by atoms with Gasteiger partial charge in [-0.1, -0.05) is 13.8 Å². The number of aliphatic hydroxyl groups excluding tert-OH is 1. The number of hydrogen-bond acceptors (Lipinski definition) is 4. The molecule has 1 atom stereocenters. The molecule has 3 N–H and O–H groups in total. The van der Waals surface area contributed by atoms with E-state index in [0.29, 0.717) is 12.8 Å². The third-order valence-electron chi connectivity index (χ3n) is 2.81. The molecule has 1 amide bonds. The number of hydrogen-bond donors (Lipinski definition) is 3. The molecule has 0 bridgehead atoms. The molecule has 0 aromatic heterocycles. The minimum absolute atomic E-state index is 0.0709. The van der Waals surface area contributed by atoms with Crippen LogP contribution in [0.4, 0.5) is 0 Å². The molecule has 0 aromatic carbocycles. The van der Waals surface area contributed by atoms with Crippen LogP contribution >= 0.6 is 0 Å². The van der Waals surface area contributed by atoms with Crippen LogP contribution in [0.2, 0.25) is 0 Å². The lowest BCUT2D eigenvalue weighted by Crippen LogP contribution is -2.39. The van der Waals surface area contributed by atoms with Crippen LogP contribution in [0.25, 0.3) is 0 Å². The maximum Gasteiger partial charge on any atom is 0.238 e. The van der Waals surface area contributed by atoms with E-state index in [-0.39, 0.29) is 23.5 Å². The zero-order chi connectivity index (χ0) is 13.8. The Kier molecular flexibility index (Phi) is 4.90. The van der Waals surface area contributed by atoms with E-state index in [9.17, 15) is 9.59 Å². The van der Waals surface area contributed by atoms with Crippen LogP contribution in [0.5, 0.6) is 0 Å². The molecule has 0 heterocycles. The number of rotatable bonds is 5. The first kappa shape index (κ1) is 14.7. The highest BCUT2D eigenvalue weighted by molar-refractivity contribution is 5.91.